The van der Waals surface area contributed by atoms with Crippen LogP contribution in [0.25, 0.3) is 0 Å². The fraction of sp³-hybridized carbons (Fsp3) is 0.400. The van der Waals surface area contributed by atoms with Crippen LogP contribution in [-0.2, 0) is 12.6 Å². The van der Waals surface area contributed by atoms with Crippen LogP contribution in [0.5, 0.6) is 0 Å². The SMILES string of the molecule is O=C(c1ccc[nH]c1=O)N1CCCC(CCc2ccccc2C(F)(F)F)C1. The van der Waals surface area contributed by atoms with Crippen LogP contribution in [0, 0.1) is 5.92 Å². The highest BCUT2D eigenvalue weighted by Crippen LogP contribution is 2.33. The van der Waals surface area contributed by atoms with Gasteiger partial charge in [-0.15, -0.1) is 0 Å². The molecule has 1 aromatic carbocycles. The molecule has 1 fully saturated rings. The van der Waals surface area contributed by atoms with E-state index in [1.165, 1.54) is 24.4 Å². The molecule has 0 aliphatic carbocycles. The molecule has 0 spiro atoms. The van der Waals surface area contributed by atoms with Crippen LogP contribution in [-0.4, -0.2) is 28.9 Å². The second-order valence-electron chi connectivity index (χ2n) is 6.87. The van der Waals surface area contributed by atoms with Gasteiger partial charge in [0.25, 0.3) is 11.5 Å². The summed E-state index contributed by atoms with van der Waals surface area (Å²) < 4.78 is 39.4. The maximum atomic E-state index is 13.1. The largest absolute Gasteiger partial charge is 0.416 e. The fourth-order valence-corrected chi connectivity index (χ4v) is 3.62. The monoisotopic (exact) mass is 378 g/mol. The molecule has 4 nitrogen and oxygen atoms in total. The molecule has 1 aliphatic rings. The first-order valence-electron chi connectivity index (χ1n) is 8.98. The van der Waals surface area contributed by atoms with Crippen molar-refractivity contribution in [3.63, 3.8) is 0 Å². The Morgan fingerprint density at radius 3 is 2.70 bits per heavy atom. The molecule has 1 saturated heterocycles. The van der Waals surface area contributed by atoms with Gasteiger partial charge in [-0.25, -0.2) is 0 Å². The molecule has 1 aromatic heterocycles. The molecule has 3 rings (SSSR count). The normalized spacial score (nSPS) is 17.7. The summed E-state index contributed by atoms with van der Waals surface area (Å²) in [5, 5.41) is 0. The summed E-state index contributed by atoms with van der Waals surface area (Å²) in [4.78, 5) is 28.5. The Kier molecular flexibility index (Phi) is 5.68. The number of nitrogens with zero attached hydrogens (tertiary/aromatic N) is 1. The molecule has 2 heterocycles. The Morgan fingerprint density at radius 2 is 1.96 bits per heavy atom. The van der Waals surface area contributed by atoms with E-state index in [0.29, 0.717) is 25.9 Å². The van der Waals surface area contributed by atoms with Crippen molar-refractivity contribution in [3.05, 3.63) is 69.6 Å². The Morgan fingerprint density at radius 1 is 1.19 bits per heavy atom. The van der Waals surface area contributed by atoms with Gasteiger partial charge >= 0.3 is 6.18 Å². The smallest absolute Gasteiger partial charge is 0.338 e. The number of halogens is 3. The molecule has 1 amide bonds. The highest BCUT2D eigenvalue weighted by Gasteiger charge is 2.33. The molecule has 144 valence electrons. The summed E-state index contributed by atoms with van der Waals surface area (Å²) >= 11 is 0. The van der Waals surface area contributed by atoms with Crippen molar-refractivity contribution in [1.82, 2.24) is 9.88 Å². The van der Waals surface area contributed by atoms with Crippen LogP contribution in [0.2, 0.25) is 0 Å². The van der Waals surface area contributed by atoms with Crippen LogP contribution < -0.4 is 5.56 Å². The van der Waals surface area contributed by atoms with E-state index in [9.17, 15) is 22.8 Å². The molecule has 1 unspecified atom stereocenters. The summed E-state index contributed by atoms with van der Waals surface area (Å²) in [6, 6.07) is 8.72. The third kappa shape index (κ3) is 4.59. The van der Waals surface area contributed by atoms with Crippen molar-refractivity contribution in [2.45, 2.75) is 31.9 Å². The molecular formula is C20H21F3N2O2. The molecular weight excluding hydrogens is 357 g/mol. The maximum Gasteiger partial charge on any atom is 0.416 e. The van der Waals surface area contributed by atoms with Crippen molar-refractivity contribution in [2.75, 3.05) is 13.1 Å². The number of carbonyl (C=O) groups excluding carboxylic acids is 1. The zero-order valence-electron chi connectivity index (χ0n) is 14.8. The number of H-pyrrole nitrogens is 1. The zero-order chi connectivity index (χ0) is 19.4. The molecule has 2 aromatic rings. The average molecular weight is 378 g/mol. The lowest BCUT2D eigenvalue weighted by atomic mass is 9.90. The lowest BCUT2D eigenvalue weighted by Gasteiger charge is -2.33. The van der Waals surface area contributed by atoms with Crippen molar-refractivity contribution >= 4 is 5.91 Å². The van der Waals surface area contributed by atoms with Crippen molar-refractivity contribution in [1.29, 1.82) is 0 Å². The van der Waals surface area contributed by atoms with Gasteiger partial charge < -0.3 is 9.88 Å². The van der Waals surface area contributed by atoms with Crippen molar-refractivity contribution in [3.8, 4) is 0 Å². The first kappa shape index (κ1) is 19.2. The number of aromatic nitrogens is 1. The summed E-state index contributed by atoms with van der Waals surface area (Å²) in [5.41, 5.74) is -0.637. The summed E-state index contributed by atoms with van der Waals surface area (Å²) in [7, 11) is 0. The van der Waals surface area contributed by atoms with E-state index in [1.54, 1.807) is 17.0 Å². The number of aromatic amines is 1. The predicted molar refractivity (Wildman–Crippen MR) is 95.5 cm³/mol. The minimum absolute atomic E-state index is 0.0977. The van der Waals surface area contributed by atoms with E-state index in [4.69, 9.17) is 0 Å². The summed E-state index contributed by atoms with van der Waals surface area (Å²) in [6.07, 6.45) is -0.364. The van der Waals surface area contributed by atoms with E-state index < -0.39 is 17.3 Å². The highest BCUT2D eigenvalue weighted by molar-refractivity contribution is 5.93. The van der Waals surface area contributed by atoms with Crippen molar-refractivity contribution < 1.29 is 18.0 Å². The van der Waals surface area contributed by atoms with Gasteiger partial charge in [-0.2, -0.15) is 13.2 Å². The summed E-state index contributed by atoms with van der Waals surface area (Å²) in [5.74, 6) is -0.205. The number of hydrogen-bond acceptors (Lipinski definition) is 2. The standard InChI is InChI=1S/C20H21F3N2O2/c21-20(22,23)17-8-2-1-6-15(17)10-9-14-5-4-12-25(13-14)19(27)16-7-3-11-24-18(16)26/h1-3,6-8,11,14H,4-5,9-10,12-13H2,(H,24,26). The van der Waals surface area contributed by atoms with E-state index in [-0.39, 0.29) is 23.0 Å². The third-order valence-electron chi connectivity index (χ3n) is 5.00. The molecule has 0 radical (unpaired) electrons. The average Bonchev–Trinajstić information content (AvgIpc) is 2.66. The van der Waals surface area contributed by atoms with Gasteiger partial charge in [0.15, 0.2) is 0 Å². The lowest BCUT2D eigenvalue weighted by molar-refractivity contribution is -0.138. The van der Waals surface area contributed by atoms with E-state index >= 15 is 0 Å². The van der Waals surface area contributed by atoms with Gasteiger partial charge in [0.05, 0.1) is 5.56 Å². The molecule has 1 atom stereocenters. The van der Waals surface area contributed by atoms with Gasteiger partial charge in [0.2, 0.25) is 0 Å². The molecule has 0 saturated carbocycles. The number of carbonyl (C=O) groups is 1. The second-order valence-corrected chi connectivity index (χ2v) is 6.87. The van der Waals surface area contributed by atoms with Crippen molar-refractivity contribution in [2.24, 2.45) is 5.92 Å². The zero-order valence-corrected chi connectivity index (χ0v) is 14.8. The van der Waals surface area contributed by atoms with Gasteiger partial charge in [-0.3, -0.25) is 9.59 Å². The Labute approximate surface area is 155 Å². The quantitative estimate of drug-likeness (QED) is 0.878. The van der Waals surface area contributed by atoms with Gasteiger partial charge in [0.1, 0.15) is 5.56 Å². The van der Waals surface area contributed by atoms with E-state index in [0.717, 1.165) is 18.9 Å². The number of benzene rings is 1. The number of piperidine rings is 1. The highest BCUT2D eigenvalue weighted by atomic mass is 19.4. The number of nitrogens with one attached hydrogen (secondary N) is 1. The predicted octanol–water partition coefficient (Wildman–Crippen LogP) is 3.88. The first-order valence-corrected chi connectivity index (χ1v) is 8.98. The van der Waals surface area contributed by atoms with E-state index in [2.05, 4.69) is 4.98 Å². The third-order valence-corrected chi connectivity index (χ3v) is 5.00. The Balaban J connectivity index is 1.65. The molecule has 0 bridgehead atoms. The van der Waals surface area contributed by atoms with Crippen LogP contribution >= 0.6 is 0 Å². The van der Waals surface area contributed by atoms with E-state index in [1.807, 2.05) is 0 Å². The number of alkyl halides is 3. The second kappa shape index (κ2) is 7.98. The Bertz CT molecular complexity index is 861. The molecule has 7 heteroatoms. The first-order chi connectivity index (χ1) is 12.9. The van der Waals surface area contributed by atoms with Crippen LogP contribution in [0.1, 0.15) is 40.7 Å². The van der Waals surface area contributed by atoms with Gasteiger partial charge in [-0.1, -0.05) is 18.2 Å². The fourth-order valence-electron chi connectivity index (χ4n) is 3.62. The molecule has 27 heavy (non-hydrogen) atoms. The topological polar surface area (TPSA) is 53.2 Å². The van der Waals surface area contributed by atoms with Crippen LogP contribution in [0.3, 0.4) is 0 Å². The van der Waals surface area contributed by atoms with Crippen LogP contribution in [0.15, 0.2) is 47.4 Å². The minimum Gasteiger partial charge on any atom is -0.338 e. The van der Waals surface area contributed by atoms with Gasteiger partial charge in [0, 0.05) is 19.3 Å². The number of likely N-dealkylation sites (tertiary alicyclic amines) is 1. The minimum atomic E-state index is -4.36. The van der Waals surface area contributed by atoms with Crippen LogP contribution in [0.4, 0.5) is 13.2 Å². The number of rotatable bonds is 4. The van der Waals surface area contributed by atoms with Gasteiger partial charge in [-0.05, 0) is 55.4 Å². The molecule has 1 N–H and O–H groups in total. The lowest BCUT2D eigenvalue weighted by Crippen LogP contribution is -2.41. The summed E-state index contributed by atoms with van der Waals surface area (Å²) in [6.45, 7) is 1.02. The number of pyridine rings is 1. The Hall–Kier alpha value is -2.57. The number of aryl methyl sites for hydroxylation is 1. The maximum absolute atomic E-state index is 13.1. The number of amides is 1. The molecule has 1 aliphatic heterocycles. The number of hydrogen-bond donors (Lipinski definition) is 1.